The van der Waals surface area contributed by atoms with Crippen LogP contribution >= 0.6 is 0 Å². The average Bonchev–Trinajstić information content (AvgIpc) is 2.14. The van der Waals surface area contributed by atoms with Gasteiger partial charge >= 0.3 is 58.4 Å². The quantitative estimate of drug-likeness (QED) is 0.706. The number of hydrogen-bond donors (Lipinski definition) is 0. The molecule has 1 unspecified atom stereocenters. The molecule has 1 aromatic carbocycles. The molecule has 1 aromatic rings. The van der Waals surface area contributed by atoms with Gasteiger partial charge in [0, 0.05) is 0 Å². The van der Waals surface area contributed by atoms with E-state index in [9.17, 15) is 12.9 Å². The summed E-state index contributed by atoms with van der Waals surface area (Å²) < 4.78 is 36.5. The minimum atomic E-state index is -4.81. The maximum Gasteiger partial charge on any atom is 1.00 e. The summed E-state index contributed by atoms with van der Waals surface area (Å²) in [5.74, 6) is -0.370. The van der Waals surface area contributed by atoms with Crippen molar-refractivity contribution in [1.82, 2.24) is 0 Å². The van der Waals surface area contributed by atoms with Crippen LogP contribution in [0.1, 0.15) is 24.0 Å². The van der Waals surface area contributed by atoms with Gasteiger partial charge in [-0.25, -0.2) is 0 Å². The second kappa shape index (κ2) is 6.82. The van der Waals surface area contributed by atoms with Crippen molar-refractivity contribution in [2.75, 3.05) is 0 Å². The predicted molar refractivity (Wildman–Crippen MR) is 53.3 cm³/mol. The Hall–Kier alpha value is 0.201. The van der Waals surface area contributed by atoms with Crippen molar-refractivity contribution in [3.63, 3.8) is 0 Å². The molecule has 0 N–H and O–H groups in total. The van der Waals surface area contributed by atoms with Gasteiger partial charge in [0.15, 0.2) is 0 Å². The fourth-order valence-corrected chi connectivity index (χ4v) is 1.33. The molecule has 80 valence electrons. The molecule has 0 saturated carbocycles. The first-order chi connectivity index (χ1) is 6.92. The molecule has 1 nitrogen and oxygen atoms in total. The van der Waals surface area contributed by atoms with E-state index in [1.54, 1.807) is 19.1 Å². The molecule has 0 heterocycles. The molecule has 0 bridgehead atoms. The first-order valence-electron chi connectivity index (χ1n) is 4.62. The molecular weight excluding hydrogens is 241 g/mol. The summed E-state index contributed by atoms with van der Waals surface area (Å²) in [6.45, 7) is -3.14. The first-order valence-corrected chi connectivity index (χ1v) is 4.62. The van der Waals surface area contributed by atoms with Gasteiger partial charge in [-0.05, 0) is 12.5 Å². The molecule has 0 saturated heterocycles. The zero-order valence-corrected chi connectivity index (χ0v) is 12.4. The van der Waals surface area contributed by atoms with E-state index in [0.717, 1.165) is 0 Å². The molecule has 0 aromatic heterocycles. The summed E-state index contributed by atoms with van der Waals surface area (Å²) in [5.41, 5.74) is 0.858. The molecule has 16 heavy (non-hydrogen) atoms. The van der Waals surface area contributed by atoms with Gasteiger partial charge in [-0.3, -0.25) is 0 Å². The fourth-order valence-electron chi connectivity index (χ4n) is 1.33. The van der Waals surface area contributed by atoms with Crippen LogP contribution in [-0.2, 0) is 6.32 Å². The van der Waals surface area contributed by atoms with Gasteiger partial charge in [0.05, 0.1) is 12.0 Å². The van der Waals surface area contributed by atoms with E-state index in [1.807, 2.05) is 6.07 Å². The summed E-state index contributed by atoms with van der Waals surface area (Å²) in [4.78, 5) is 0. The third-order valence-electron chi connectivity index (χ3n) is 2.11. The van der Waals surface area contributed by atoms with Crippen LogP contribution in [0.15, 0.2) is 24.3 Å². The summed E-state index contributed by atoms with van der Waals surface area (Å²) in [6, 6.07) is 8.10. The molecule has 6 heteroatoms. The number of rotatable bonds is 3. The molecule has 0 aliphatic carbocycles. The summed E-state index contributed by atoms with van der Waals surface area (Å²) in [6.07, 6.45) is -0.883. The Morgan fingerprint density at radius 3 is 2.50 bits per heavy atom. The molecule has 0 fully saturated rings. The molecule has 0 spiro atoms. The van der Waals surface area contributed by atoms with Crippen molar-refractivity contribution in [3.05, 3.63) is 35.4 Å². The van der Waals surface area contributed by atoms with Crippen molar-refractivity contribution in [2.45, 2.75) is 19.2 Å². The van der Waals surface area contributed by atoms with Gasteiger partial charge in [0.25, 0.3) is 0 Å². The monoisotopic (exact) mass is 251 g/mol. The molecule has 0 aliphatic heterocycles. The zero-order chi connectivity index (χ0) is 11.5. The largest absolute Gasteiger partial charge is 1.00 e. The van der Waals surface area contributed by atoms with Crippen LogP contribution in [-0.4, -0.2) is 6.98 Å². The van der Waals surface area contributed by atoms with Crippen molar-refractivity contribution in [1.29, 1.82) is 5.26 Å². The topological polar surface area (TPSA) is 23.8 Å². The number of hydrogen-bond acceptors (Lipinski definition) is 1. The van der Waals surface area contributed by atoms with Crippen LogP contribution in [0.25, 0.3) is 0 Å². The van der Waals surface area contributed by atoms with Crippen molar-refractivity contribution in [3.8, 4) is 6.07 Å². The van der Waals surface area contributed by atoms with Crippen molar-refractivity contribution >= 4 is 6.98 Å². The summed E-state index contributed by atoms with van der Waals surface area (Å²) in [7, 11) is 0. The molecule has 1 atom stereocenters. The smallest absolute Gasteiger partial charge is 0.449 e. The summed E-state index contributed by atoms with van der Waals surface area (Å²) in [5, 5.41) is 8.64. The zero-order valence-electron chi connectivity index (χ0n) is 9.25. The third-order valence-corrected chi connectivity index (χ3v) is 2.11. The van der Waals surface area contributed by atoms with E-state index in [1.165, 1.54) is 12.1 Å². The van der Waals surface area contributed by atoms with Crippen LogP contribution in [0.3, 0.4) is 0 Å². The van der Waals surface area contributed by atoms with Crippen LogP contribution in [0.2, 0.25) is 0 Å². The van der Waals surface area contributed by atoms with Gasteiger partial charge in [0.2, 0.25) is 0 Å². The number of halogens is 3. The maximum atomic E-state index is 12.2. The Kier molecular flexibility index (Phi) is 6.91. The average molecular weight is 251 g/mol. The Bertz CT molecular complexity index is 386. The van der Waals surface area contributed by atoms with E-state index in [4.69, 9.17) is 5.26 Å². The van der Waals surface area contributed by atoms with Crippen molar-refractivity contribution < 1.29 is 64.3 Å². The molecular formula is C10H10BF3KN. The Morgan fingerprint density at radius 2 is 2.00 bits per heavy atom. The van der Waals surface area contributed by atoms with E-state index in [2.05, 4.69) is 0 Å². The first kappa shape index (κ1) is 16.2. The van der Waals surface area contributed by atoms with Crippen LogP contribution in [0.4, 0.5) is 12.9 Å². The molecule has 0 amide bonds. The van der Waals surface area contributed by atoms with E-state index >= 15 is 0 Å². The maximum absolute atomic E-state index is 12.2. The molecule has 1 rings (SSSR count). The minimum absolute atomic E-state index is 0. The third kappa shape index (κ3) is 5.51. The van der Waals surface area contributed by atoms with Gasteiger partial charge in [-0.1, -0.05) is 36.1 Å². The Morgan fingerprint density at radius 1 is 1.38 bits per heavy atom. The van der Waals surface area contributed by atoms with Gasteiger partial charge in [-0.2, -0.15) is 5.26 Å². The van der Waals surface area contributed by atoms with E-state index in [0.29, 0.717) is 5.56 Å². The summed E-state index contributed by atoms with van der Waals surface area (Å²) >= 11 is 0. The number of benzene rings is 1. The standard InChI is InChI=1S/C10H10BF3N.K/c1-8(7-15)10-4-2-3-9(5-10)6-11(12,13)14;/h2-5,8H,6H2,1H3;/q-1;+1. The minimum Gasteiger partial charge on any atom is -0.449 e. The second-order valence-electron chi connectivity index (χ2n) is 3.51. The van der Waals surface area contributed by atoms with E-state index < -0.39 is 13.3 Å². The van der Waals surface area contributed by atoms with Crippen LogP contribution in [0.5, 0.6) is 0 Å². The Labute approximate surface area is 136 Å². The number of nitrogens with zero attached hydrogens (tertiary/aromatic N) is 1. The predicted octanol–water partition coefficient (Wildman–Crippen LogP) is 0.247. The Balaban J connectivity index is 0.00000225. The van der Waals surface area contributed by atoms with Gasteiger partial charge in [0.1, 0.15) is 0 Å². The van der Waals surface area contributed by atoms with Crippen LogP contribution in [0, 0.1) is 11.3 Å². The van der Waals surface area contributed by atoms with Crippen LogP contribution < -0.4 is 51.4 Å². The van der Waals surface area contributed by atoms with E-state index in [-0.39, 0.29) is 62.9 Å². The molecule has 0 aliphatic rings. The fraction of sp³-hybridized carbons (Fsp3) is 0.300. The SMILES string of the molecule is CC(C#N)c1cccc(C[B-](F)(F)F)c1.[K+]. The van der Waals surface area contributed by atoms with Gasteiger partial charge in [-0.15, -0.1) is 0 Å². The second-order valence-corrected chi connectivity index (χ2v) is 3.51. The molecule has 0 radical (unpaired) electrons. The number of nitriles is 1. The normalized spacial score (nSPS) is 12.4. The van der Waals surface area contributed by atoms with Crippen molar-refractivity contribution in [2.24, 2.45) is 0 Å². The van der Waals surface area contributed by atoms with Gasteiger partial charge < -0.3 is 12.9 Å².